The van der Waals surface area contributed by atoms with E-state index < -0.39 is 0 Å². The maximum atomic E-state index is 5.47. The van der Waals surface area contributed by atoms with Crippen molar-refractivity contribution in [3.63, 3.8) is 0 Å². The Bertz CT molecular complexity index is 358. The SMILES string of the molecule is C=CCC(CC)(C1CCNC1)N1CCC(C)CC1.CC.CC1CC(N)C1. The van der Waals surface area contributed by atoms with Crippen LogP contribution in [0, 0.1) is 17.8 Å². The lowest BCUT2D eigenvalue weighted by Crippen LogP contribution is -2.56. The minimum atomic E-state index is 0.380. The van der Waals surface area contributed by atoms with Gasteiger partial charge in [0.25, 0.3) is 0 Å². The summed E-state index contributed by atoms with van der Waals surface area (Å²) < 4.78 is 0. The summed E-state index contributed by atoms with van der Waals surface area (Å²) >= 11 is 0. The van der Waals surface area contributed by atoms with Crippen LogP contribution in [0.2, 0.25) is 0 Å². The number of hydrogen-bond donors (Lipinski definition) is 2. The summed E-state index contributed by atoms with van der Waals surface area (Å²) in [5.74, 6) is 2.65. The van der Waals surface area contributed by atoms with Gasteiger partial charge in [0, 0.05) is 11.6 Å². The van der Waals surface area contributed by atoms with E-state index in [9.17, 15) is 0 Å². The van der Waals surface area contributed by atoms with Crippen molar-refractivity contribution >= 4 is 0 Å². The standard InChI is InChI=1S/C16H30N2.C5H11N.C2H6/c1-4-9-16(5-2,15-6-10-17-13-15)18-11-7-14(3)8-12-18;1-4-2-5(6)3-4;1-2/h4,14-15,17H,1,5-13H2,2-3H3;4-5H,2-3,6H2,1H3;1-2H3. The number of likely N-dealkylation sites (tertiary alicyclic amines) is 1. The van der Waals surface area contributed by atoms with E-state index in [0.717, 1.165) is 24.2 Å². The molecule has 1 saturated carbocycles. The first kappa shape index (κ1) is 23.7. The highest BCUT2D eigenvalue weighted by Gasteiger charge is 2.43. The lowest BCUT2D eigenvalue weighted by Gasteiger charge is -2.50. The molecule has 2 saturated heterocycles. The van der Waals surface area contributed by atoms with E-state index in [4.69, 9.17) is 5.73 Å². The molecule has 0 aromatic heterocycles. The van der Waals surface area contributed by atoms with Crippen molar-refractivity contribution in [3.8, 4) is 0 Å². The van der Waals surface area contributed by atoms with Gasteiger partial charge in [0.2, 0.25) is 0 Å². The lowest BCUT2D eigenvalue weighted by atomic mass is 9.75. The first-order valence-corrected chi connectivity index (χ1v) is 11.3. The average molecular weight is 366 g/mol. The Morgan fingerprint density at radius 1 is 1.12 bits per heavy atom. The highest BCUT2D eigenvalue weighted by molar-refractivity contribution is 5.03. The van der Waals surface area contributed by atoms with Gasteiger partial charge in [0.05, 0.1) is 0 Å². The van der Waals surface area contributed by atoms with Crippen LogP contribution in [-0.4, -0.2) is 42.7 Å². The summed E-state index contributed by atoms with van der Waals surface area (Å²) in [6.45, 7) is 20.0. The Kier molecular flexibility index (Phi) is 11.1. The van der Waals surface area contributed by atoms with Crippen LogP contribution in [0.25, 0.3) is 0 Å². The Hall–Kier alpha value is -0.380. The molecule has 0 bridgehead atoms. The quantitative estimate of drug-likeness (QED) is 0.686. The summed E-state index contributed by atoms with van der Waals surface area (Å²) in [5, 5.41) is 3.56. The maximum absolute atomic E-state index is 5.47. The van der Waals surface area contributed by atoms with E-state index in [0.29, 0.717) is 11.6 Å². The minimum Gasteiger partial charge on any atom is -0.328 e. The van der Waals surface area contributed by atoms with Gasteiger partial charge in [0.15, 0.2) is 0 Å². The normalized spacial score (nSPS) is 31.5. The number of nitrogens with zero attached hydrogens (tertiary/aromatic N) is 1. The Balaban J connectivity index is 0.000000353. The van der Waals surface area contributed by atoms with Gasteiger partial charge in [-0.25, -0.2) is 0 Å². The first-order valence-electron chi connectivity index (χ1n) is 11.3. The molecule has 0 aromatic rings. The highest BCUT2D eigenvalue weighted by Crippen LogP contribution is 2.38. The number of rotatable bonds is 5. The molecule has 3 fully saturated rings. The lowest BCUT2D eigenvalue weighted by molar-refractivity contribution is 0.00985. The molecular formula is C23H47N3. The highest BCUT2D eigenvalue weighted by atomic mass is 15.2. The van der Waals surface area contributed by atoms with Crippen LogP contribution in [-0.2, 0) is 0 Å². The number of hydrogen-bond acceptors (Lipinski definition) is 3. The van der Waals surface area contributed by atoms with Gasteiger partial charge in [-0.15, -0.1) is 6.58 Å². The van der Waals surface area contributed by atoms with Crippen molar-refractivity contribution in [2.45, 2.75) is 91.1 Å². The molecule has 0 spiro atoms. The summed E-state index contributed by atoms with van der Waals surface area (Å²) in [6, 6.07) is 0.542. The Morgan fingerprint density at radius 2 is 1.73 bits per heavy atom. The predicted molar refractivity (Wildman–Crippen MR) is 117 cm³/mol. The van der Waals surface area contributed by atoms with E-state index in [1.165, 1.54) is 64.7 Å². The van der Waals surface area contributed by atoms with Gasteiger partial charge in [-0.2, -0.15) is 0 Å². The smallest absolute Gasteiger partial charge is 0.0281 e. The largest absolute Gasteiger partial charge is 0.328 e. The molecule has 2 atom stereocenters. The van der Waals surface area contributed by atoms with E-state index in [2.05, 4.69) is 43.6 Å². The van der Waals surface area contributed by atoms with Crippen molar-refractivity contribution in [2.24, 2.45) is 23.5 Å². The van der Waals surface area contributed by atoms with Gasteiger partial charge in [-0.1, -0.05) is 40.7 Å². The predicted octanol–water partition coefficient (Wildman–Crippen LogP) is 4.82. The third kappa shape index (κ3) is 6.35. The molecule has 0 radical (unpaired) electrons. The van der Waals surface area contributed by atoms with Crippen LogP contribution in [0.15, 0.2) is 12.7 Å². The van der Waals surface area contributed by atoms with Gasteiger partial charge in [-0.05, 0) is 88.9 Å². The Labute approximate surface area is 164 Å². The van der Waals surface area contributed by atoms with Crippen LogP contribution >= 0.6 is 0 Å². The molecule has 2 unspecified atom stereocenters. The van der Waals surface area contributed by atoms with Crippen LogP contribution in [0.5, 0.6) is 0 Å². The second-order valence-electron chi connectivity index (χ2n) is 8.65. The van der Waals surface area contributed by atoms with Crippen LogP contribution in [0.1, 0.15) is 79.6 Å². The minimum absolute atomic E-state index is 0.380. The van der Waals surface area contributed by atoms with Crippen LogP contribution < -0.4 is 11.1 Å². The van der Waals surface area contributed by atoms with E-state index >= 15 is 0 Å². The van der Waals surface area contributed by atoms with Crippen molar-refractivity contribution in [1.29, 1.82) is 0 Å². The maximum Gasteiger partial charge on any atom is 0.0281 e. The Morgan fingerprint density at radius 3 is 2.08 bits per heavy atom. The molecule has 3 heteroatoms. The molecule has 3 rings (SSSR count). The van der Waals surface area contributed by atoms with Crippen molar-refractivity contribution in [1.82, 2.24) is 10.2 Å². The summed E-state index contributed by atoms with van der Waals surface area (Å²) in [6.07, 6.45) is 11.2. The number of piperidine rings is 1. The molecular weight excluding hydrogens is 318 g/mol. The molecule has 154 valence electrons. The third-order valence-electron chi connectivity index (χ3n) is 6.75. The summed E-state index contributed by atoms with van der Waals surface area (Å²) in [4.78, 5) is 2.80. The van der Waals surface area contributed by atoms with Gasteiger partial charge >= 0.3 is 0 Å². The first-order chi connectivity index (χ1) is 12.5. The third-order valence-corrected chi connectivity index (χ3v) is 6.75. The van der Waals surface area contributed by atoms with Crippen molar-refractivity contribution < 1.29 is 0 Å². The molecule has 26 heavy (non-hydrogen) atoms. The monoisotopic (exact) mass is 365 g/mol. The molecule has 3 aliphatic rings. The second-order valence-corrected chi connectivity index (χ2v) is 8.65. The van der Waals surface area contributed by atoms with Gasteiger partial charge in [-0.3, -0.25) is 4.90 Å². The molecule has 2 heterocycles. The number of nitrogens with one attached hydrogen (secondary N) is 1. The fourth-order valence-electron chi connectivity index (χ4n) is 4.99. The van der Waals surface area contributed by atoms with Gasteiger partial charge in [0.1, 0.15) is 0 Å². The fourth-order valence-corrected chi connectivity index (χ4v) is 4.99. The van der Waals surface area contributed by atoms with Crippen molar-refractivity contribution in [3.05, 3.63) is 12.7 Å². The van der Waals surface area contributed by atoms with Crippen LogP contribution in [0.4, 0.5) is 0 Å². The molecule has 2 aliphatic heterocycles. The van der Waals surface area contributed by atoms with Gasteiger partial charge < -0.3 is 11.1 Å². The molecule has 3 nitrogen and oxygen atoms in total. The molecule has 3 N–H and O–H groups in total. The second kappa shape index (κ2) is 12.2. The van der Waals surface area contributed by atoms with E-state index in [1.54, 1.807) is 0 Å². The zero-order chi connectivity index (χ0) is 19.6. The summed E-state index contributed by atoms with van der Waals surface area (Å²) in [5.41, 5.74) is 5.85. The fraction of sp³-hybridized carbons (Fsp3) is 0.913. The number of nitrogens with two attached hydrogens (primary N) is 1. The molecule has 0 amide bonds. The van der Waals surface area contributed by atoms with E-state index in [1.807, 2.05) is 13.8 Å². The topological polar surface area (TPSA) is 41.3 Å². The van der Waals surface area contributed by atoms with E-state index in [-0.39, 0.29) is 0 Å². The molecule has 0 aromatic carbocycles. The van der Waals surface area contributed by atoms with Crippen LogP contribution in [0.3, 0.4) is 0 Å². The summed E-state index contributed by atoms with van der Waals surface area (Å²) in [7, 11) is 0. The van der Waals surface area contributed by atoms with Crippen molar-refractivity contribution in [2.75, 3.05) is 26.2 Å². The average Bonchev–Trinajstić information content (AvgIpc) is 3.17. The zero-order valence-electron chi connectivity index (χ0n) is 18.4. The zero-order valence-corrected chi connectivity index (χ0v) is 18.4. The molecule has 1 aliphatic carbocycles.